The van der Waals surface area contributed by atoms with E-state index in [9.17, 15) is 4.79 Å². The van der Waals surface area contributed by atoms with Gasteiger partial charge in [-0.1, -0.05) is 13.3 Å². The first-order valence-electron chi connectivity index (χ1n) is 7.19. The number of carbonyl (C=O) groups excluding carboxylic acids is 1. The minimum absolute atomic E-state index is 0.211. The highest BCUT2D eigenvalue weighted by Crippen LogP contribution is 2.28. The lowest BCUT2D eigenvalue weighted by Crippen LogP contribution is -2.21. The van der Waals surface area contributed by atoms with Crippen molar-refractivity contribution in [2.45, 2.75) is 52.1 Å². The molecule has 0 amide bonds. The largest absolute Gasteiger partial charge is 0.465 e. The van der Waals surface area contributed by atoms with Crippen LogP contribution in [0.25, 0.3) is 0 Å². The molecule has 5 heteroatoms. The van der Waals surface area contributed by atoms with Gasteiger partial charge >= 0.3 is 5.97 Å². The lowest BCUT2D eigenvalue weighted by Gasteiger charge is -2.15. The van der Waals surface area contributed by atoms with Crippen molar-refractivity contribution in [2.24, 2.45) is 0 Å². The second kappa shape index (κ2) is 6.70. The number of nitrogens with zero attached hydrogens (tertiary/aromatic N) is 2. The molecule has 0 saturated carbocycles. The van der Waals surface area contributed by atoms with Gasteiger partial charge in [-0.15, -0.1) is 0 Å². The van der Waals surface area contributed by atoms with Crippen LogP contribution in [0.2, 0.25) is 0 Å². The third kappa shape index (κ3) is 3.35. The van der Waals surface area contributed by atoms with Crippen LogP contribution in [0, 0.1) is 0 Å². The number of esters is 1. The van der Waals surface area contributed by atoms with Crippen LogP contribution in [-0.4, -0.2) is 28.9 Å². The van der Waals surface area contributed by atoms with Crippen LogP contribution in [0.15, 0.2) is 6.20 Å². The summed E-state index contributed by atoms with van der Waals surface area (Å²) in [5.74, 6) is -0.211. The molecule has 0 aliphatic heterocycles. The lowest BCUT2D eigenvalue weighted by molar-refractivity contribution is -0.144. The van der Waals surface area contributed by atoms with Gasteiger partial charge in [0.25, 0.3) is 0 Å². The number of aromatic nitrogens is 2. The van der Waals surface area contributed by atoms with Gasteiger partial charge in [-0.2, -0.15) is 5.10 Å². The third-order valence-corrected chi connectivity index (χ3v) is 3.55. The predicted molar refractivity (Wildman–Crippen MR) is 72.8 cm³/mol. The van der Waals surface area contributed by atoms with Crippen molar-refractivity contribution in [2.75, 3.05) is 13.2 Å². The van der Waals surface area contributed by atoms with E-state index >= 15 is 0 Å². The van der Waals surface area contributed by atoms with Crippen LogP contribution in [0.5, 0.6) is 0 Å². The number of rotatable bonds is 5. The molecular formula is C14H23N3O2. The van der Waals surface area contributed by atoms with Gasteiger partial charge in [0.2, 0.25) is 0 Å². The summed E-state index contributed by atoms with van der Waals surface area (Å²) in [4.78, 5) is 11.6. The molecule has 5 nitrogen and oxygen atoms in total. The molecule has 1 aliphatic rings. The topological polar surface area (TPSA) is 56.2 Å². The van der Waals surface area contributed by atoms with E-state index in [0.717, 1.165) is 25.8 Å². The van der Waals surface area contributed by atoms with Crippen molar-refractivity contribution in [3.05, 3.63) is 17.5 Å². The molecule has 1 aliphatic carbocycles. The SMILES string of the molecule is CCNC1CCCCc2c1cnn2CC(=O)OCC. The van der Waals surface area contributed by atoms with Crippen LogP contribution in [-0.2, 0) is 22.5 Å². The molecule has 19 heavy (non-hydrogen) atoms. The van der Waals surface area contributed by atoms with Gasteiger partial charge in [-0.05, 0) is 32.7 Å². The molecule has 0 radical (unpaired) electrons. The van der Waals surface area contributed by atoms with Gasteiger partial charge in [-0.25, -0.2) is 0 Å². The normalized spacial score (nSPS) is 18.7. The first-order chi connectivity index (χ1) is 9.26. The number of hydrogen-bond donors (Lipinski definition) is 1. The Hall–Kier alpha value is -1.36. The standard InChI is InChI=1S/C14H23N3O2/c1-3-15-12-7-5-6-8-13-11(12)9-16-17(13)10-14(18)19-4-2/h9,12,15H,3-8,10H2,1-2H3. The predicted octanol–water partition coefficient (Wildman–Crippen LogP) is 1.82. The maximum atomic E-state index is 11.6. The second-order valence-corrected chi connectivity index (χ2v) is 4.87. The summed E-state index contributed by atoms with van der Waals surface area (Å²) in [6.45, 7) is 5.54. The van der Waals surface area contributed by atoms with Gasteiger partial charge in [0.1, 0.15) is 6.54 Å². The van der Waals surface area contributed by atoms with Crippen LogP contribution >= 0.6 is 0 Å². The molecule has 106 valence electrons. The first-order valence-corrected chi connectivity index (χ1v) is 7.19. The van der Waals surface area contributed by atoms with Crippen molar-refractivity contribution < 1.29 is 9.53 Å². The quantitative estimate of drug-likeness (QED) is 0.652. The number of ether oxygens (including phenoxy) is 1. The van der Waals surface area contributed by atoms with Crippen LogP contribution < -0.4 is 5.32 Å². The van der Waals surface area contributed by atoms with Crippen molar-refractivity contribution >= 4 is 5.97 Å². The monoisotopic (exact) mass is 265 g/mol. The van der Waals surface area contributed by atoms with Crippen LogP contribution in [0.3, 0.4) is 0 Å². The van der Waals surface area contributed by atoms with Crippen LogP contribution in [0.1, 0.15) is 50.4 Å². The number of fused-ring (bicyclic) bond motifs is 1. The molecule has 2 rings (SSSR count). The average molecular weight is 265 g/mol. The first kappa shape index (κ1) is 14.1. The zero-order valence-electron chi connectivity index (χ0n) is 11.8. The van der Waals surface area contributed by atoms with Crippen LogP contribution in [0.4, 0.5) is 0 Å². The Morgan fingerprint density at radius 3 is 3.11 bits per heavy atom. The van der Waals surface area contributed by atoms with Crippen molar-refractivity contribution in [1.82, 2.24) is 15.1 Å². The molecule has 0 saturated heterocycles. The van der Waals surface area contributed by atoms with E-state index in [1.54, 1.807) is 0 Å². The molecule has 1 aromatic rings. The van der Waals surface area contributed by atoms with Gasteiger partial charge < -0.3 is 10.1 Å². The second-order valence-electron chi connectivity index (χ2n) is 4.87. The molecule has 1 N–H and O–H groups in total. The van der Waals surface area contributed by atoms with Gasteiger partial charge in [0, 0.05) is 17.3 Å². The van der Waals surface area contributed by atoms with E-state index in [4.69, 9.17) is 4.74 Å². The maximum absolute atomic E-state index is 11.6. The minimum Gasteiger partial charge on any atom is -0.465 e. The Morgan fingerprint density at radius 2 is 2.37 bits per heavy atom. The smallest absolute Gasteiger partial charge is 0.327 e. The summed E-state index contributed by atoms with van der Waals surface area (Å²) in [7, 11) is 0. The summed E-state index contributed by atoms with van der Waals surface area (Å²) in [6, 6.07) is 0.374. The Balaban J connectivity index is 2.17. The van der Waals surface area contributed by atoms with Crippen molar-refractivity contribution in [3.8, 4) is 0 Å². The Labute approximate surface area is 114 Å². The average Bonchev–Trinajstić information content (AvgIpc) is 2.65. The molecular weight excluding hydrogens is 242 g/mol. The zero-order chi connectivity index (χ0) is 13.7. The minimum atomic E-state index is -0.211. The van der Waals surface area contributed by atoms with Gasteiger partial charge in [0.05, 0.1) is 12.8 Å². The van der Waals surface area contributed by atoms with E-state index in [1.165, 1.54) is 17.7 Å². The summed E-state index contributed by atoms with van der Waals surface area (Å²) in [5.41, 5.74) is 2.44. The van der Waals surface area contributed by atoms with E-state index in [1.807, 2.05) is 17.8 Å². The Kier molecular flexibility index (Phi) is 4.96. The fourth-order valence-corrected chi connectivity index (χ4v) is 2.71. The van der Waals surface area contributed by atoms with Gasteiger partial charge in [0.15, 0.2) is 0 Å². The molecule has 0 fully saturated rings. The number of hydrogen-bond acceptors (Lipinski definition) is 4. The molecule has 1 atom stereocenters. The van der Waals surface area contributed by atoms with E-state index in [0.29, 0.717) is 12.6 Å². The highest BCUT2D eigenvalue weighted by atomic mass is 16.5. The van der Waals surface area contributed by atoms with E-state index in [-0.39, 0.29) is 12.5 Å². The number of nitrogens with one attached hydrogen (secondary N) is 1. The van der Waals surface area contributed by atoms with Crippen molar-refractivity contribution in [1.29, 1.82) is 0 Å². The fourth-order valence-electron chi connectivity index (χ4n) is 2.71. The maximum Gasteiger partial charge on any atom is 0.327 e. The Morgan fingerprint density at radius 1 is 1.53 bits per heavy atom. The molecule has 1 aromatic heterocycles. The summed E-state index contributed by atoms with van der Waals surface area (Å²) < 4.78 is 6.80. The molecule has 1 heterocycles. The van der Waals surface area contributed by atoms with E-state index in [2.05, 4.69) is 17.3 Å². The molecule has 1 unspecified atom stereocenters. The molecule has 0 aromatic carbocycles. The highest BCUT2D eigenvalue weighted by Gasteiger charge is 2.22. The zero-order valence-corrected chi connectivity index (χ0v) is 11.8. The van der Waals surface area contributed by atoms with Crippen molar-refractivity contribution in [3.63, 3.8) is 0 Å². The van der Waals surface area contributed by atoms with E-state index < -0.39 is 0 Å². The summed E-state index contributed by atoms with van der Waals surface area (Å²) in [5, 5.41) is 7.87. The fraction of sp³-hybridized carbons (Fsp3) is 0.714. The highest BCUT2D eigenvalue weighted by molar-refractivity contribution is 5.69. The number of carbonyl (C=O) groups is 1. The molecule has 0 bridgehead atoms. The summed E-state index contributed by atoms with van der Waals surface area (Å²) in [6.07, 6.45) is 6.42. The van der Waals surface area contributed by atoms with Gasteiger partial charge in [-0.3, -0.25) is 9.48 Å². The molecule has 0 spiro atoms. The third-order valence-electron chi connectivity index (χ3n) is 3.55. The Bertz CT molecular complexity index is 428. The lowest BCUT2D eigenvalue weighted by atomic mass is 10.1. The summed E-state index contributed by atoms with van der Waals surface area (Å²) >= 11 is 0.